The van der Waals surface area contributed by atoms with Gasteiger partial charge in [0.1, 0.15) is 29.7 Å². The summed E-state index contributed by atoms with van der Waals surface area (Å²) in [6, 6.07) is 12.4. The van der Waals surface area contributed by atoms with E-state index in [-0.39, 0.29) is 0 Å². The number of nitrogens with zero attached hydrogens (tertiary/aromatic N) is 2. The minimum absolute atomic E-state index is 0.485. The van der Waals surface area contributed by atoms with Gasteiger partial charge in [0.25, 0.3) is 0 Å². The Morgan fingerprint density at radius 3 is 2.50 bits per heavy atom. The molecular formula is C27H30N2O3. The van der Waals surface area contributed by atoms with Crippen molar-refractivity contribution in [3.8, 4) is 28.6 Å². The lowest BCUT2D eigenvalue weighted by Gasteiger charge is -2.19. The highest BCUT2D eigenvalue weighted by molar-refractivity contribution is 5.83. The van der Waals surface area contributed by atoms with Crippen molar-refractivity contribution in [3.63, 3.8) is 0 Å². The Kier molecular flexibility index (Phi) is 6.95. The summed E-state index contributed by atoms with van der Waals surface area (Å²) in [7, 11) is 3.36. The van der Waals surface area contributed by atoms with Gasteiger partial charge in [0.15, 0.2) is 0 Å². The summed E-state index contributed by atoms with van der Waals surface area (Å²) in [6.45, 7) is 4.18. The maximum absolute atomic E-state index is 5.78. The summed E-state index contributed by atoms with van der Waals surface area (Å²) in [5.74, 6) is 3.26. The fourth-order valence-corrected chi connectivity index (χ4v) is 4.26. The molecule has 0 amide bonds. The lowest BCUT2D eigenvalue weighted by Crippen LogP contribution is -2.07. The molecule has 0 N–H and O–H groups in total. The highest BCUT2D eigenvalue weighted by Gasteiger charge is 2.23. The third-order valence-corrected chi connectivity index (χ3v) is 5.88. The van der Waals surface area contributed by atoms with E-state index in [1.54, 1.807) is 20.3 Å². The smallest absolute Gasteiger partial charge is 0.144 e. The average Bonchev–Trinajstić information content (AvgIpc) is 3.53. The normalized spacial score (nSPS) is 14.1. The Balaban J connectivity index is 1.72. The predicted molar refractivity (Wildman–Crippen MR) is 129 cm³/mol. The van der Waals surface area contributed by atoms with Gasteiger partial charge in [-0.05, 0) is 42.2 Å². The summed E-state index contributed by atoms with van der Waals surface area (Å²) in [6.07, 6.45) is 14.8. The molecule has 3 aromatic rings. The molecule has 0 spiro atoms. The Morgan fingerprint density at radius 2 is 1.81 bits per heavy atom. The van der Waals surface area contributed by atoms with Gasteiger partial charge in [-0.3, -0.25) is 0 Å². The van der Waals surface area contributed by atoms with Gasteiger partial charge in [0, 0.05) is 24.5 Å². The quantitative estimate of drug-likeness (QED) is 0.290. The predicted octanol–water partition coefficient (Wildman–Crippen LogP) is 6.42. The molecular weight excluding hydrogens is 400 g/mol. The van der Waals surface area contributed by atoms with Crippen LogP contribution in [0.4, 0.5) is 0 Å². The minimum atomic E-state index is 0.485. The van der Waals surface area contributed by atoms with E-state index in [9.17, 15) is 0 Å². The summed E-state index contributed by atoms with van der Waals surface area (Å²) >= 11 is 0. The molecule has 0 saturated heterocycles. The number of ether oxygens (including phenoxy) is 3. The van der Waals surface area contributed by atoms with Gasteiger partial charge in [-0.25, -0.2) is 4.98 Å². The van der Waals surface area contributed by atoms with E-state index in [4.69, 9.17) is 19.2 Å². The van der Waals surface area contributed by atoms with Crippen molar-refractivity contribution in [1.29, 1.82) is 0 Å². The zero-order valence-corrected chi connectivity index (χ0v) is 18.8. The monoisotopic (exact) mass is 430 g/mol. The second-order valence-electron chi connectivity index (χ2n) is 7.89. The van der Waals surface area contributed by atoms with Gasteiger partial charge in [-0.2, -0.15) is 0 Å². The molecule has 0 unspecified atom stereocenters. The van der Waals surface area contributed by atoms with E-state index in [0.717, 1.165) is 39.8 Å². The second-order valence-corrected chi connectivity index (χ2v) is 7.89. The lowest BCUT2D eigenvalue weighted by molar-refractivity contribution is 0.363. The van der Waals surface area contributed by atoms with E-state index in [2.05, 4.69) is 29.5 Å². The van der Waals surface area contributed by atoms with Crippen molar-refractivity contribution >= 4 is 12.2 Å². The Labute approximate surface area is 190 Å². The molecule has 1 aliphatic rings. The zero-order chi connectivity index (χ0) is 22.3. The van der Waals surface area contributed by atoms with Crippen LogP contribution in [0.5, 0.6) is 17.2 Å². The minimum Gasteiger partial charge on any atom is -0.497 e. The van der Waals surface area contributed by atoms with E-state index in [1.165, 1.54) is 25.7 Å². The number of hydrogen-bond acceptors (Lipinski definition) is 4. The molecule has 5 nitrogen and oxygen atoms in total. The zero-order valence-electron chi connectivity index (χ0n) is 18.8. The number of rotatable bonds is 9. The molecule has 1 heterocycles. The Hall–Kier alpha value is -3.47. The molecule has 4 rings (SSSR count). The molecule has 1 fully saturated rings. The van der Waals surface area contributed by atoms with Crippen LogP contribution >= 0.6 is 0 Å². The van der Waals surface area contributed by atoms with Crippen LogP contribution in [0.15, 0.2) is 61.4 Å². The third kappa shape index (κ3) is 4.72. The first-order chi connectivity index (χ1) is 15.7. The van der Waals surface area contributed by atoms with Crippen molar-refractivity contribution in [3.05, 3.63) is 72.6 Å². The van der Waals surface area contributed by atoms with Crippen LogP contribution in [0.1, 0.15) is 42.9 Å². The fourth-order valence-electron chi connectivity index (χ4n) is 4.26. The average molecular weight is 431 g/mol. The van der Waals surface area contributed by atoms with Gasteiger partial charge in [0.05, 0.1) is 19.8 Å². The number of benzene rings is 2. The highest BCUT2D eigenvalue weighted by Crippen LogP contribution is 2.40. The van der Waals surface area contributed by atoms with Gasteiger partial charge < -0.3 is 18.8 Å². The van der Waals surface area contributed by atoms with Crippen molar-refractivity contribution in [2.24, 2.45) is 0 Å². The standard InChI is InChI=1S/C27H30N2O3/c1-4-17-32-23-13-10-20(11-14-23)9-12-21-18-24(30-2)19-25(31-3)26(21)27-28-15-16-29(27)22-7-5-6-8-22/h4,9-16,18-19,22H,1,5-8,17H2,2-3H3. The summed E-state index contributed by atoms with van der Waals surface area (Å²) in [4.78, 5) is 4.73. The van der Waals surface area contributed by atoms with Crippen LogP contribution in [0.3, 0.4) is 0 Å². The van der Waals surface area contributed by atoms with Gasteiger partial charge in [-0.1, -0.05) is 49.8 Å². The van der Waals surface area contributed by atoms with E-state index >= 15 is 0 Å². The van der Waals surface area contributed by atoms with Crippen molar-refractivity contribution in [1.82, 2.24) is 9.55 Å². The Bertz CT molecular complexity index is 1080. The molecule has 166 valence electrons. The van der Waals surface area contributed by atoms with Crippen molar-refractivity contribution < 1.29 is 14.2 Å². The molecule has 1 aromatic heterocycles. The van der Waals surface area contributed by atoms with Crippen molar-refractivity contribution in [2.75, 3.05) is 20.8 Å². The van der Waals surface area contributed by atoms with E-state index < -0.39 is 0 Å². The topological polar surface area (TPSA) is 45.5 Å². The molecule has 2 aromatic carbocycles. The van der Waals surface area contributed by atoms with E-state index in [0.29, 0.717) is 12.6 Å². The molecule has 32 heavy (non-hydrogen) atoms. The van der Waals surface area contributed by atoms with Crippen LogP contribution in [0.2, 0.25) is 0 Å². The Morgan fingerprint density at radius 1 is 1.03 bits per heavy atom. The number of methoxy groups -OCH3 is 2. The number of imidazole rings is 1. The van der Waals surface area contributed by atoms with Gasteiger partial charge in [0.2, 0.25) is 0 Å². The number of hydrogen-bond donors (Lipinski definition) is 0. The van der Waals surface area contributed by atoms with Crippen molar-refractivity contribution in [2.45, 2.75) is 31.7 Å². The molecule has 0 atom stereocenters. The summed E-state index contributed by atoms with van der Waals surface area (Å²) in [5.41, 5.74) is 3.05. The van der Waals surface area contributed by atoms with Crippen LogP contribution < -0.4 is 14.2 Å². The van der Waals surface area contributed by atoms with Crippen LogP contribution in [-0.4, -0.2) is 30.4 Å². The van der Waals surface area contributed by atoms with E-state index in [1.807, 2.05) is 42.6 Å². The SMILES string of the molecule is C=CCOc1ccc(C=Cc2cc(OC)cc(OC)c2-c2nccn2C2CCCC2)cc1. The molecule has 1 aliphatic carbocycles. The first-order valence-electron chi connectivity index (χ1n) is 11.0. The first kappa shape index (κ1) is 21.8. The van der Waals surface area contributed by atoms with Crippen LogP contribution in [0, 0.1) is 0 Å². The largest absolute Gasteiger partial charge is 0.497 e. The van der Waals surface area contributed by atoms with Gasteiger partial charge in [-0.15, -0.1) is 0 Å². The third-order valence-electron chi connectivity index (χ3n) is 5.88. The molecule has 5 heteroatoms. The fraction of sp³-hybridized carbons (Fsp3) is 0.296. The molecule has 0 aliphatic heterocycles. The summed E-state index contributed by atoms with van der Waals surface area (Å²) < 4.78 is 19.2. The highest BCUT2D eigenvalue weighted by atomic mass is 16.5. The molecule has 0 radical (unpaired) electrons. The maximum Gasteiger partial charge on any atom is 0.144 e. The molecule has 0 bridgehead atoms. The lowest BCUT2D eigenvalue weighted by atomic mass is 10.0. The van der Waals surface area contributed by atoms with Crippen LogP contribution in [0.25, 0.3) is 23.5 Å². The second kappa shape index (κ2) is 10.2. The summed E-state index contributed by atoms with van der Waals surface area (Å²) in [5, 5.41) is 0. The molecule has 1 saturated carbocycles. The first-order valence-corrected chi connectivity index (χ1v) is 11.0. The van der Waals surface area contributed by atoms with Crippen LogP contribution in [-0.2, 0) is 0 Å². The van der Waals surface area contributed by atoms with Gasteiger partial charge >= 0.3 is 0 Å². The number of aromatic nitrogens is 2. The maximum atomic E-state index is 5.78.